The molecular formula is C17H16N6. The highest BCUT2D eigenvalue weighted by molar-refractivity contribution is 5.86. The molecule has 0 bridgehead atoms. The highest BCUT2D eigenvalue weighted by atomic mass is 15.3. The molecule has 0 aliphatic heterocycles. The summed E-state index contributed by atoms with van der Waals surface area (Å²) in [5.74, 6) is 0.892. The Kier molecular flexibility index (Phi) is 3.15. The average Bonchev–Trinajstić information content (AvgIpc) is 3.25. The van der Waals surface area contributed by atoms with Gasteiger partial charge in [0, 0.05) is 24.3 Å². The van der Waals surface area contributed by atoms with Crippen molar-refractivity contribution < 1.29 is 0 Å². The molecule has 0 saturated heterocycles. The van der Waals surface area contributed by atoms with Crippen LogP contribution in [0.5, 0.6) is 0 Å². The largest absolute Gasteiger partial charge is 0.330 e. The Morgan fingerprint density at radius 3 is 2.87 bits per heavy atom. The van der Waals surface area contributed by atoms with Crippen LogP contribution in [0.3, 0.4) is 0 Å². The summed E-state index contributed by atoms with van der Waals surface area (Å²) < 4.78 is 3.82. The van der Waals surface area contributed by atoms with Crippen molar-refractivity contribution in [3.63, 3.8) is 0 Å². The molecule has 6 nitrogen and oxygen atoms in total. The Morgan fingerprint density at radius 2 is 2.09 bits per heavy atom. The summed E-state index contributed by atoms with van der Waals surface area (Å²) in [5.41, 5.74) is 3.94. The molecule has 0 atom stereocenters. The lowest BCUT2D eigenvalue weighted by Gasteiger charge is -2.09. The predicted octanol–water partition coefficient (Wildman–Crippen LogP) is 3.01. The highest BCUT2D eigenvalue weighted by Gasteiger charge is 2.10. The lowest BCUT2D eigenvalue weighted by molar-refractivity contribution is 0.768. The fourth-order valence-corrected chi connectivity index (χ4v) is 2.79. The maximum Gasteiger partial charge on any atom is 0.158 e. The van der Waals surface area contributed by atoms with Crippen molar-refractivity contribution in [2.45, 2.75) is 20.4 Å². The second-order valence-corrected chi connectivity index (χ2v) is 5.40. The van der Waals surface area contributed by atoms with Crippen molar-refractivity contribution in [2.75, 3.05) is 0 Å². The van der Waals surface area contributed by atoms with Crippen LogP contribution in [-0.4, -0.2) is 29.3 Å². The van der Waals surface area contributed by atoms with Gasteiger partial charge in [-0.05, 0) is 37.6 Å². The van der Waals surface area contributed by atoms with E-state index in [0.717, 1.165) is 34.7 Å². The van der Waals surface area contributed by atoms with Crippen LogP contribution in [0.15, 0.2) is 49.3 Å². The number of fused-ring (bicyclic) bond motifs is 1. The molecule has 4 aromatic rings. The smallest absolute Gasteiger partial charge is 0.158 e. The van der Waals surface area contributed by atoms with Crippen LogP contribution in [0.2, 0.25) is 0 Å². The van der Waals surface area contributed by atoms with Gasteiger partial charge in [-0.2, -0.15) is 5.10 Å². The molecule has 0 aliphatic carbocycles. The number of aromatic nitrogens is 6. The van der Waals surface area contributed by atoms with Crippen molar-refractivity contribution in [1.82, 2.24) is 29.3 Å². The summed E-state index contributed by atoms with van der Waals surface area (Å²) in [6, 6.07) is 8.22. The van der Waals surface area contributed by atoms with E-state index in [-0.39, 0.29) is 0 Å². The Hall–Kier alpha value is -3.02. The van der Waals surface area contributed by atoms with E-state index < -0.39 is 0 Å². The lowest BCUT2D eigenvalue weighted by Crippen LogP contribution is -2.00. The van der Waals surface area contributed by atoms with Crippen molar-refractivity contribution in [3.8, 4) is 17.2 Å². The van der Waals surface area contributed by atoms with E-state index in [0.29, 0.717) is 0 Å². The van der Waals surface area contributed by atoms with E-state index in [9.17, 15) is 0 Å². The molecule has 6 heteroatoms. The Morgan fingerprint density at radius 1 is 1.17 bits per heavy atom. The summed E-state index contributed by atoms with van der Waals surface area (Å²) in [4.78, 5) is 13.3. The van der Waals surface area contributed by atoms with Crippen molar-refractivity contribution >= 4 is 10.9 Å². The van der Waals surface area contributed by atoms with E-state index in [1.807, 2.05) is 24.5 Å². The molecule has 3 heterocycles. The third kappa shape index (κ3) is 2.28. The first-order valence-corrected chi connectivity index (χ1v) is 7.54. The van der Waals surface area contributed by atoms with Crippen LogP contribution < -0.4 is 0 Å². The van der Waals surface area contributed by atoms with Crippen LogP contribution in [0.4, 0.5) is 0 Å². The van der Waals surface area contributed by atoms with Crippen molar-refractivity contribution in [1.29, 1.82) is 0 Å². The van der Waals surface area contributed by atoms with E-state index in [4.69, 9.17) is 4.98 Å². The van der Waals surface area contributed by atoms with Crippen LogP contribution in [-0.2, 0) is 6.54 Å². The van der Waals surface area contributed by atoms with E-state index in [2.05, 4.69) is 45.6 Å². The normalized spacial score (nSPS) is 11.2. The molecule has 23 heavy (non-hydrogen) atoms. The number of aryl methyl sites for hydroxylation is 2. The molecular weight excluding hydrogens is 288 g/mol. The maximum absolute atomic E-state index is 4.81. The fourth-order valence-electron chi connectivity index (χ4n) is 2.79. The highest BCUT2D eigenvalue weighted by Crippen LogP contribution is 2.25. The minimum atomic E-state index is 0.868. The van der Waals surface area contributed by atoms with Crippen molar-refractivity contribution in [2.24, 2.45) is 0 Å². The van der Waals surface area contributed by atoms with Gasteiger partial charge in [-0.25, -0.2) is 19.6 Å². The van der Waals surface area contributed by atoms with Gasteiger partial charge in [0.1, 0.15) is 18.3 Å². The lowest BCUT2D eigenvalue weighted by atomic mass is 10.1. The third-order valence-corrected chi connectivity index (χ3v) is 3.97. The van der Waals surface area contributed by atoms with E-state index in [1.165, 1.54) is 11.9 Å². The molecule has 3 aromatic heterocycles. The van der Waals surface area contributed by atoms with Gasteiger partial charge < -0.3 is 4.57 Å². The number of rotatable bonds is 3. The number of hydrogen-bond donors (Lipinski definition) is 0. The average molecular weight is 304 g/mol. The fraction of sp³-hybridized carbons (Fsp3) is 0.176. The van der Waals surface area contributed by atoms with Gasteiger partial charge in [0.05, 0.1) is 11.2 Å². The van der Waals surface area contributed by atoms with Gasteiger partial charge in [-0.3, -0.25) is 0 Å². The monoisotopic (exact) mass is 304 g/mol. The summed E-state index contributed by atoms with van der Waals surface area (Å²) >= 11 is 0. The van der Waals surface area contributed by atoms with Gasteiger partial charge >= 0.3 is 0 Å². The molecule has 0 radical (unpaired) electrons. The van der Waals surface area contributed by atoms with Gasteiger partial charge in [0.2, 0.25) is 0 Å². The van der Waals surface area contributed by atoms with Crippen LogP contribution >= 0.6 is 0 Å². The maximum atomic E-state index is 4.81. The Bertz CT molecular complexity index is 968. The standard InChI is InChI=1S/C17H16N6/c1-3-22-7-6-19-17(22)16-8-12(2)14-5-4-13(9-15(14)21-16)23-11-18-10-20-23/h4-11H,3H2,1-2H3. The number of nitrogens with zero attached hydrogens (tertiary/aromatic N) is 6. The number of pyridine rings is 1. The first-order chi connectivity index (χ1) is 11.3. The number of benzene rings is 1. The zero-order valence-corrected chi connectivity index (χ0v) is 13.0. The Balaban J connectivity index is 1.91. The minimum absolute atomic E-state index is 0.868. The van der Waals surface area contributed by atoms with Gasteiger partial charge in [0.15, 0.2) is 5.82 Å². The molecule has 0 amide bonds. The second-order valence-electron chi connectivity index (χ2n) is 5.40. The van der Waals surface area contributed by atoms with Crippen LogP contribution in [0.25, 0.3) is 28.1 Å². The number of imidazole rings is 1. The molecule has 4 rings (SSSR count). The second kappa shape index (κ2) is 5.31. The first kappa shape index (κ1) is 13.6. The molecule has 0 spiro atoms. The molecule has 0 saturated carbocycles. The molecule has 0 N–H and O–H groups in total. The van der Waals surface area contributed by atoms with Gasteiger partial charge in [-0.15, -0.1) is 0 Å². The van der Waals surface area contributed by atoms with Gasteiger partial charge in [-0.1, -0.05) is 6.07 Å². The van der Waals surface area contributed by atoms with Crippen LogP contribution in [0, 0.1) is 6.92 Å². The van der Waals surface area contributed by atoms with Crippen LogP contribution in [0.1, 0.15) is 12.5 Å². The van der Waals surface area contributed by atoms with Gasteiger partial charge in [0.25, 0.3) is 0 Å². The quantitative estimate of drug-likeness (QED) is 0.584. The third-order valence-electron chi connectivity index (χ3n) is 3.97. The summed E-state index contributed by atoms with van der Waals surface area (Å²) in [6.07, 6.45) is 6.99. The first-order valence-electron chi connectivity index (χ1n) is 7.54. The molecule has 0 fully saturated rings. The zero-order valence-electron chi connectivity index (χ0n) is 13.0. The summed E-state index contributed by atoms with van der Waals surface area (Å²) in [6.45, 7) is 5.07. The SMILES string of the molecule is CCn1ccnc1-c1cc(C)c2ccc(-n3cncn3)cc2n1. The molecule has 114 valence electrons. The minimum Gasteiger partial charge on any atom is -0.330 e. The summed E-state index contributed by atoms with van der Waals surface area (Å²) in [7, 11) is 0. The molecule has 1 aromatic carbocycles. The molecule has 0 aliphatic rings. The topological polar surface area (TPSA) is 61.4 Å². The number of hydrogen-bond acceptors (Lipinski definition) is 4. The molecule has 0 unspecified atom stereocenters. The van der Waals surface area contributed by atoms with E-state index in [1.54, 1.807) is 11.0 Å². The predicted molar refractivity (Wildman–Crippen MR) is 88.3 cm³/mol. The Labute approximate surface area is 133 Å². The summed E-state index contributed by atoms with van der Waals surface area (Å²) in [5, 5.41) is 5.31. The van der Waals surface area contributed by atoms with Crippen molar-refractivity contribution in [3.05, 3.63) is 54.9 Å². The van der Waals surface area contributed by atoms with E-state index >= 15 is 0 Å². The zero-order chi connectivity index (χ0) is 15.8.